The molecule has 0 bridgehead atoms. The van der Waals surface area contributed by atoms with Gasteiger partial charge in [0.2, 0.25) is 6.41 Å². The molecule has 3 fully saturated rings. The first kappa shape index (κ1) is 39.3. The number of nitrogens with one attached hydrogen (secondary N) is 2. The molecule has 2 aromatic rings. The molecule has 3 heterocycles. The van der Waals surface area contributed by atoms with Crippen LogP contribution in [0.3, 0.4) is 0 Å². The van der Waals surface area contributed by atoms with Gasteiger partial charge in [0.15, 0.2) is 6.10 Å². The number of hydrogen-bond acceptors (Lipinski definition) is 8. The van der Waals surface area contributed by atoms with E-state index in [-0.39, 0.29) is 24.1 Å². The van der Waals surface area contributed by atoms with Gasteiger partial charge in [0.05, 0.1) is 0 Å². The number of rotatable bonds is 13. The summed E-state index contributed by atoms with van der Waals surface area (Å²) in [5.41, 5.74) is 4.37. The van der Waals surface area contributed by atoms with Crippen molar-refractivity contribution in [3.8, 4) is 5.75 Å². The fourth-order valence-corrected chi connectivity index (χ4v) is 9.15. The van der Waals surface area contributed by atoms with Crippen molar-refractivity contribution in [2.24, 2.45) is 11.8 Å². The number of hydrogen-bond donors (Lipinski definition) is 3. The van der Waals surface area contributed by atoms with Crippen LogP contribution in [0, 0.1) is 25.7 Å². The summed E-state index contributed by atoms with van der Waals surface area (Å²) in [6.45, 7) is 7.11. The number of amides is 3. The standard InChI is InChI=1S/C38H56N6O7S/c1-27-23-29(24-28(2)36(27)46)25-35(37(47)41-16-9-30(10-17-41)31-12-21-44(22-13-31)52(49,50)40-4)51-38(48)42-19-14-33(15-20-42)43(26-45)18-11-32-7-5-6-8-34(32)39-3/h5-8,23-24,26,30-31,33,35,39-40,46H,9-22,25H2,1-4H3/t35-/m1/s1. The fourth-order valence-electron chi connectivity index (χ4n) is 8.20. The van der Waals surface area contributed by atoms with E-state index in [2.05, 4.69) is 16.1 Å². The van der Waals surface area contributed by atoms with Gasteiger partial charge in [-0.2, -0.15) is 12.7 Å². The van der Waals surface area contributed by atoms with Gasteiger partial charge in [0.1, 0.15) is 5.75 Å². The van der Waals surface area contributed by atoms with E-state index >= 15 is 0 Å². The molecule has 3 aliphatic rings. The predicted octanol–water partition coefficient (Wildman–Crippen LogP) is 3.68. The molecule has 3 amide bonds. The fraction of sp³-hybridized carbons (Fsp3) is 0.605. The SMILES string of the molecule is CNc1ccccc1CCN(C=O)C1CCN(C(=O)O[C@H](Cc2cc(C)c(O)c(C)c2)C(=O)N2CCC(C3CCN(S(=O)(=O)NC)CC3)CC2)CC1. The van der Waals surface area contributed by atoms with Gasteiger partial charge in [-0.3, -0.25) is 9.59 Å². The quantitative estimate of drug-likeness (QED) is 0.263. The minimum Gasteiger partial charge on any atom is -0.507 e. The minimum absolute atomic E-state index is 0.00456. The maximum Gasteiger partial charge on any atom is 0.410 e. The third kappa shape index (κ3) is 9.56. The summed E-state index contributed by atoms with van der Waals surface area (Å²) in [6, 6.07) is 11.7. The topological polar surface area (TPSA) is 152 Å². The zero-order chi connectivity index (χ0) is 37.4. The molecular formula is C38H56N6O7S. The van der Waals surface area contributed by atoms with Crippen LogP contribution in [0.5, 0.6) is 5.75 Å². The van der Waals surface area contributed by atoms with Crippen LogP contribution < -0.4 is 10.0 Å². The predicted molar refractivity (Wildman–Crippen MR) is 200 cm³/mol. The summed E-state index contributed by atoms with van der Waals surface area (Å²) >= 11 is 0. The van der Waals surface area contributed by atoms with Crippen molar-refractivity contribution in [1.29, 1.82) is 0 Å². The van der Waals surface area contributed by atoms with Gasteiger partial charge in [0.25, 0.3) is 16.1 Å². The molecule has 3 N–H and O–H groups in total. The highest BCUT2D eigenvalue weighted by atomic mass is 32.2. The van der Waals surface area contributed by atoms with Crippen LogP contribution in [0.1, 0.15) is 60.8 Å². The molecule has 13 nitrogen and oxygen atoms in total. The molecule has 1 atom stereocenters. The first-order valence-electron chi connectivity index (χ1n) is 18.6. The van der Waals surface area contributed by atoms with E-state index in [0.29, 0.717) is 81.6 Å². The van der Waals surface area contributed by atoms with E-state index < -0.39 is 22.4 Å². The highest BCUT2D eigenvalue weighted by molar-refractivity contribution is 7.87. The molecule has 2 aromatic carbocycles. The number of nitrogens with zero attached hydrogens (tertiary/aromatic N) is 4. The average Bonchev–Trinajstić information content (AvgIpc) is 3.17. The van der Waals surface area contributed by atoms with E-state index in [1.165, 1.54) is 11.4 Å². The van der Waals surface area contributed by atoms with Crippen molar-refractivity contribution in [2.75, 3.05) is 65.2 Å². The van der Waals surface area contributed by atoms with Crippen molar-refractivity contribution in [1.82, 2.24) is 23.7 Å². The molecule has 5 rings (SSSR count). The zero-order valence-electron chi connectivity index (χ0n) is 31.1. The molecule has 286 valence electrons. The maximum absolute atomic E-state index is 14.1. The number of ether oxygens (including phenoxy) is 1. The number of likely N-dealkylation sites (tertiary alicyclic amines) is 2. The summed E-state index contributed by atoms with van der Waals surface area (Å²) < 4.78 is 34.4. The lowest BCUT2D eigenvalue weighted by atomic mass is 9.79. The molecule has 14 heteroatoms. The van der Waals surface area contributed by atoms with Crippen molar-refractivity contribution in [3.63, 3.8) is 0 Å². The first-order chi connectivity index (χ1) is 24.9. The van der Waals surface area contributed by atoms with Crippen molar-refractivity contribution in [2.45, 2.75) is 77.4 Å². The Morgan fingerprint density at radius 2 is 1.50 bits per heavy atom. The summed E-state index contributed by atoms with van der Waals surface area (Å²) in [6.07, 6.45) is 4.69. The number of benzene rings is 2. The van der Waals surface area contributed by atoms with Gasteiger partial charge in [-0.25, -0.2) is 9.52 Å². The third-order valence-corrected chi connectivity index (χ3v) is 12.9. The van der Waals surface area contributed by atoms with Crippen molar-refractivity contribution < 1.29 is 32.6 Å². The van der Waals surface area contributed by atoms with E-state index in [4.69, 9.17) is 4.74 Å². The smallest absolute Gasteiger partial charge is 0.410 e. The Hall–Kier alpha value is -3.88. The number of anilines is 1. The summed E-state index contributed by atoms with van der Waals surface area (Å²) in [4.78, 5) is 45.1. The second kappa shape index (κ2) is 17.8. The largest absolute Gasteiger partial charge is 0.507 e. The van der Waals surface area contributed by atoms with Gasteiger partial charge in [0, 0.05) is 78.1 Å². The number of aromatic hydroxyl groups is 1. The molecule has 3 aliphatic heterocycles. The normalized spacial score (nSPS) is 18.9. The van der Waals surface area contributed by atoms with E-state index in [9.17, 15) is 27.9 Å². The lowest BCUT2D eigenvalue weighted by Crippen LogP contribution is -2.51. The van der Waals surface area contributed by atoms with E-state index in [0.717, 1.165) is 55.3 Å². The lowest BCUT2D eigenvalue weighted by molar-refractivity contribution is -0.142. The van der Waals surface area contributed by atoms with Gasteiger partial charge in [-0.1, -0.05) is 30.3 Å². The van der Waals surface area contributed by atoms with Crippen LogP contribution in [0.15, 0.2) is 36.4 Å². The Balaban J connectivity index is 1.18. The van der Waals surface area contributed by atoms with E-state index in [1.807, 2.05) is 56.1 Å². The first-order valence-corrected chi connectivity index (χ1v) is 20.1. The second-order valence-electron chi connectivity index (χ2n) is 14.5. The number of carbonyl (C=O) groups excluding carboxylic acids is 3. The molecule has 0 radical (unpaired) electrons. The molecule has 0 aliphatic carbocycles. The Morgan fingerprint density at radius 1 is 0.923 bits per heavy atom. The Labute approximate surface area is 308 Å². The highest BCUT2D eigenvalue weighted by Crippen LogP contribution is 2.34. The highest BCUT2D eigenvalue weighted by Gasteiger charge is 2.37. The van der Waals surface area contributed by atoms with Crippen LogP contribution >= 0.6 is 0 Å². The third-order valence-electron chi connectivity index (χ3n) is 11.4. The van der Waals surface area contributed by atoms with Crippen molar-refractivity contribution >= 4 is 34.3 Å². The Kier molecular flexibility index (Phi) is 13.4. The summed E-state index contributed by atoms with van der Waals surface area (Å²) in [5.74, 6) is 0.782. The Morgan fingerprint density at radius 3 is 2.08 bits per heavy atom. The molecule has 0 spiro atoms. The minimum atomic E-state index is -3.43. The Bertz CT molecular complexity index is 1630. The van der Waals surface area contributed by atoms with Crippen LogP contribution in [0.2, 0.25) is 0 Å². The number of para-hydroxylation sites is 1. The van der Waals surface area contributed by atoms with Gasteiger partial charge in [-0.05, 0) is 98.9 Å². The van der Waals surface area contributed by atoms with Gasteiger partial charge < -0.3 is 29.9 Å². The van der Waals surface area contributed by atoms with Crippen LogP contribution in [-0.2, 0) is 37.4 Å². The monoisotopic (exact) mass is 740 g/mol. The number of piperidine rings is 3. The molecule has 52 heavy (non-hydrogen) atoms. The molecule has 3 saturated heterocycles. The average molecular weight is 741 g/mol. The molecule has 0 saturated carbocycles. The summed E-state index contributed by atoms with van der Waals surface area (Å²) in [5, 5.41) is 13.6. The number of phenols is 1. The van der Waals surface area contributed by atoms with Crippen LogP contribution in [-0.4, -0.2) is 123 Å². The molecular weight excluding hydrogens is 685 g/mol. The molecule has 0 aromatic heterocycles. The maximum atomic E-state index is 14.1. The van der Waals surface area contributed by atoms with E-state index in [1.54, 1.807) is 9.80 Å². The summed E-state index contributed by atoms with van der Waals surface area (Å²) in [7, 11) is -0.110. The number of carbonyl (C=O) groups is 3. The van der Waals surface area contributed by atoms with Crippen LogP contribution in [0.25, 0.3) is 0 Å². The number of phenolic OH excluding ortho intramolecular Hbond substituents is 1. The lowest BCUT2D eigenvalue weighted by Gasteiger charge is -2.40. The zero-order valence-corrected chi connectivity index (χ0v) is 31.9. The van der Waals surface area contributed by atoms with Crippen LogP contribution in [0.4, 0.5) is 10.5 Å². The second-order valence-corrected chi connectivity index (χ2v) is 16.4. The number of aryl methyl sites for hydroxylation is 2. The molecule has 0 unspecified atom stereocenters. The van der Waals surface area contributed by atoms with Gasteiger partial charge >= 0.3 is 6.09 Å². The van der Waals surface area contributed by atoms with Crippen molar-refractivity contribution in [3.05, 3.63) is 58.7 Å². The van der Waals surface area contributed by atoms with Gasteiger partial charge in [-0.15, -0.1) is 0 Å².